The Balaban J connectivity index is 2.51. The number of nitrogens with one attached hydrogen (secondary N) is 1. The summed E-state index contributed by atoms with van der Waals surface area (Å²) in [4.78, 5) is 32.5. The van der Waals surface area contributed by atoms with Crippen LogP contribution in [0.4, 0.5) is 5.69 Å². The van der Waals surface area contributed by atoms with Gasteiger partial charge in [-0.1, -0.05) is 0 Å². The van der Waals surface area contributed by atoms with Crippen LogP contribution < -0.4 is 5.32 Å². The van der Waals surface area contributed by atoms with Crippen LogP contribution in [-0.2, 0) is 4.79 Å². The normalized spacial score (nSPS) is 9.83. The zero-order chi connectivity index (χ0) is 13.5. The van der Waals surface area contributed by atoms with E-state index in [-0.39, 0.29) is 21.3 Å². The van der Waals surface area contributed by atoms with E-state index in [4.69, 9.17) is 11.6 Å². The molecular weight excluding hydrogens is 366 g/mol. The summed E-state index contributed by atoms with van der Waals surface area (Å²) in [6, 6.07) is 5.28. The Morgan fingerprint density at radius 3 is 2.44 bits per heavy atom. The van der Waals surface area contributed by atoms with Gasteiger partial charge in [-0.05, 0) is 0 Å². The number of nitrogens with zero attached hydrogens (tertiary/aromatic N) is 1. The van der Waals surface area contributed by atoms with Gasteiger partial charge in [-0.2, -0.15) is 0 Å². The maximum absolute atomic E-state index is 11.6. The minimum atomic E-state index is -1.32. The third kappa shape index (κ3) is 4.61. The Hall–Kier alpha value is -1.15. The molecule has 0 atom stereocenters. The zero-order valence-electron chi connectivity index (χ0n) is 9.18. The number of hydrogen-bond acceptors (Lipinski definition) is 4. The molecule has 2 radical (unpaired) electrons. The van der Waals surface area contributed by atoms with Gasteiger partial charge >= 0.3 is 118 Å². The summed E-state index contributed by atoms with van der Waals surface area (Å²) in [5, 5.41) is 13.0. The van der Waals surface area contributed by atoms with Gasteiger partial charge in [0.2, 0.25) is 0 Å². The van der Waals surface area contributed by atoms with E-state index in [1.165, 1.54) is 24.3 Å². The Labute approximate surface area is 118 Å². The van der Waals surface area contributed by atoms with Crippen molar-refractivity contribution in [3.05, 3.63) is 39.9 Å². The van der Waals surface area contributed by atoms with E-state index in [1.54, 1.807) is 0 Å². The van der Waals surface area contributed by atoms with Gasteiger partial charge in [0.25, 0.3) is 0 Å². The molecule has 0 aliphatic carbocycles. The molecule has 1 rings (SSSR count). The van der Waals surface area contributed by atoms with E-state index in [2.05, 4.69) is 5.32 Å². The molecule has 1 amide bonds. The fourth-order valence-corrected chi connectivity index (χ4v) is 3.28. The molecule has 6 nitrogen and oxygen atoms in total. The van der Waals surface area contributed by atoms with E-state index in [0.717, 1.165) is 0 Å². The number of rotatable bonds is 6. The minimum absolute atomic E-state index is 0.000434. The van der Waals surface area contributed by atoms with Crippen LogP contribution in [0.1, 0.15) is 10.4 Å². The molecule has 1 aromatic carbocycles. The van der Waals surface area contributed by atoms with Crippen molar-refractivity contribution < 1.29 is 14.5 Å². The molecule has 18 heavy (non-hydrogen) atoms. The number of amides is 1. The third-order valence-electron chi connectivity index (χ3n) is 2.00. The van der Waals surface area contributed by atoms with Gasteiger partial charge < -0.3 is 0 Å². The molecule has 0 saturated carbocycles. The molecule has 0 unspecified atom stereocenters. The number of nitro groups is 1. The number of alkyl halides is 1. The summed E-state index contributed by atoms with van der Waals surface area (Å²) in [5.41, 5.74) is 0.263. The Morgan fingerprint density at radius 1 is 1.33 bits per heavy atom. The second kappa shape index (κ2) is 7.32. The van der Waals surface area contributed by atoms with Crippen LogP contribution in [0.15, 0.2) is 24.3 Å². The number of carbonyl (C=O) groups is 2. The second-order valence-corrected chi connectivity index (χ2v) is 7.10. The Morgan fingerprint density at radius 2 is 1.94 bits per heavy atom. The van der Waals surface area contributed by atoms with Crippen molar-refractivity contribution in [3.63, 3.8) is 0 Å². The van der Waals surface area contributed by atoms with Gasteiger partial charge in [-0.15, -0.1) is 0 Å². The van der Waals surface area contributed by atoms with Crippen LogP contribution in [0.25, 0.3) is 0 Å². The standard InChI is InChI=1S/C8H7N2O3.C2H2ClO.Sn/c1-9-8(11)6-2-4-7(5-3-6)10(12)13;3-1-2-4;/h2-5H,1H2,(H,9,11);1H2;. The molecule has 0 aliphatic rings. The van der Waals surface area contributed by atoms with Gasteiger partial charge in [0.15, 0.2) is 0 Å². The molecule has 0 fully saturated rings. The molecule has 1 N–H and O–H groups in total. The van der Waals surface area contributed by atoms with Crippen molar-refractivity contribution in [1.29, 1.82) is 0 Å². The van der Waals surface area contributed by atoms with Crippen molar-refractivity contribution in [3.8, 4) is 0 Å². The van der Waals surface area contributed by atoms with Gasteiger partial charge in [0.05, 0.1) is 0 Å². The molecule has 0 heterocycles. The Kier molecular flexibility index (Phi) is 6.06. The molecule has 0 aromatic heterocycles. The first-order valence-corrected chi connectivity index (χ1v) is 8.88. The van der Waals surface area contributed by atoms with Gasteiger partial charge in [0, 0.05) is 0 Å². The Bertz CT molecular complexity index is 463. The van der Waals surface area contributed by atoms with Crippen LogP contribution in [0.2, 0.25) is 0 Å². The first-order valence-electron chi connectivity index (χ1n) is 4.90. The van der Waals surface area contributed by atoms with Crippen molar-refractivity contribution >= 4 is 48.1 Å². The number of benzene rings is 1. The molecule has 94 valence electrons. The van der Waals surface area contributed by atoms with Gasteiger partial charge in [-0.25, -0.2) is 0 Å². The maximum atomic E-state index is 11.6. The molecule has 0 saturated heterocycles. The number of carbonyl (C=O) groups excluding carboxylic acids is 2. The average molecular weight is 375 g/mol. The summed E-state index contributed by atoms with van der Waals surface area (Å²) in [6.07, 6.45) is 0. The molecule has 8 heteroatoms. The number of hydrogen-bond donors (Lipinski definition) is 1. The molecule has 0 aliphatic heterocycles. The number of nitro benzene ring substituents is 1. The topological polar surface area (TPSA) is 89.3 Å². The van der Waals surface area contributed by atoms with Crippen molar-refractivity contribution in [1.82, 2.24) is 5.32 Å². The predicted molar refractivity (Wildman–Crippen MR) is 66.9 cm³/mol. The van der Waals surface area contributed by atoms with Crippen molar-refractivity contribution in [2.45, 2.75) is 0 Å². The predicted octanol–water partition coefficient (Wildman–Crippen LogP) is 0.752. The molecule has 1 aromatic rings. The monoisotopic (exact) mass is 376 g/mol. The van der Waals surface area contributed by atoms with Crippen LogP contribution in [0.5, 0.6) is 0 Å². The molecule has 0 spiro atoms. The third-order valence-corrected chi connectivity index (χ3v) is 5.52. The van der Waals surface area contributed by atoms with Crippen molar-refractivity contribution in [2.24, 2.45) is 0 Å². The average Bonchev–Trinajstić information content (AvgIpc) is 2.38. The molecule has 0 bridgehead atoms. The van der Waals surface area contributed by atoms with Gasteiger partial charge in [-0.3, -0.25) is 0 Å². The van der Waals surface area contributed by atoms with E-state index in [1.807, 2.05) is 0 Å². The van der Waals surface area contributed by atoms with Crippen LogP contribution in [0.3, 0.4) is 0 Å². The second-order valence-electron chi connectivity index (χ2n) is 3.22. The van der Waals surface area contributed by atoms with Crippen LogP contribution >= 0.6 is 11.6 Å². The number of halogens is 1. The zero-order valence-corrected chi connectivity index (χ0v) is 12.8. The summed E-state index contributed by atoms with van der Waals surface area (Å²) in [7, 11) is 0. The van der Waals surface area contributed by atoms with Gasteiger partial charge in [0.1, 0.15) is 0 Å². The van der Waals surface area contributed by atoms with Crippen molar-refractivity contribution in [2.75, 3.05) is 10.4 Å². The van der Waals surface area contributed by atoms with Crippen LogP contribution in [0, 0.1) is 10.1 Å². The first kappa shape index (κ1) is 14.9. The molecular formula is C10H9ClN2O4Sn. The van der Waals surface area contributed by atoms with E-state index < -0.39 is 26.1 Å². The van der Waals surface area contributed by atoms with Crippen LogP contribution in [-0.4, -0.2) is 46.2 Å². The van der Waals surface area contributed by atoms with E-state index in [9.17, 15) is 19.7 Å². The first-order chi connectivity index (χ1) is 8.54. The summed E-state index contributed by atoms with van der Waals surface area (Å²) in [6.45, 7) is 0. The summed E-state index contributed by atoms with van der Waals surface area (Å²) >= 11 is 4.03. The number of non-ortho nitro benzene ring substituents is 1. The fraction of sp³-hybridized carbons (Fsp3) is 0.200. The fourth-order valence-electron chi connectivity index (χ4n) is 1.11. The van der Waals surface area contributed by atoms with E-state index in [0.29, 0.717) is 10.1 Å². The SMILES string of the molecule is O=[C](CCl)[Sn][CH2]NC(=O)c1ccc([N+](=O)[O-])cc1. The summed E-state index contributed by atoms with van der Waals surface area (Å²) < 4.78 is 0.384. The summed E-state index contributed by atoms with van der Waals surface area (Å²) in [5.74, 6) is -0.340. The van der Waals surface area contributed by atoms with E-state index >= 15 is 0 Å². The quantitative estimate of drug-likeness (QED) is 0.344.